The normalized spacial score (nSPS) is 24.8. The van der Waals surface area contributed by atoms with E-state index in [0.717, 1.165) is 0 Å². The summed E-state index contributed by atoms with van der Waals surface area (Å²) in [6.45, 7) is 1.21. The Bertz CT molecular complexity index is 500. The maximum Gasteiger partial charge on any atom is 0.283 e. The zero-order valence-electron chi connectivity index (χ0n) is 9.56. The van der Waals surface area contributed by atoms with Gasteiger partial charge in [0.05, 0.1) is 25.0 Å². The zero-order chi connectivity index (χ0) is 12.5. The zero-order valence-corrected chi connectivity index (χ0v) is 9.56. The van der Waals surface area contributed by atoms with E-state index in [1.165, 1.54) is 6.26 Å². The third-order valence-electron chi connectivity index (χ3n) is 2.89. The Morgan fingerprint density at radius 1 is 1.28 bits per heavy atom. The summed E-state index contributed by atoms with van der Waals surface area (Å²) < 4.78 is 10.6. The van der Waals surface area contributed by atoms with Crippen LogP contribution in [0.5, 0.6) is 0 Å². The largest absolute Gasteiger partial charge is 0.459 e. The van der Waals surface area contributed by atoms with Gasteiger partial charge < -0.3 is 19.0 Å². The van der Waals surface area contributed by atoms with Gasteiger partial charge in [-0.25, -0.2) is 0 Å². The number of hydrogen-bond acceptors (Lipinski definition) is 7. The molecule has 0 aromatic carbocycles. The van der Waals surface area contributed by atoms with E-state index in [2.05, 4.69) is 10.2 Å². The minimum absolute atomic E-state index is 0.329. The summed E-state index contributed by atoms with van der Waals surface area (Å²) in [6.07, 6.45) is 0.113. The Hall–Kier alpha value is -1.70. The fraction of sp³-hybridized carbons (Fsp3) is 0.455. The molecule has 96 valence electrons. The molecule has 1 saturated heterocycles. The van der Waals surface area contributed by atoms with E-state index < -0.39 is 12.2 Å². The van der Waals surface area contributed by atoms with Crippen LogP contribution in [0.15, 0.2) is 27.2 Å². The van der Waals surface area contributed by atoms with Gasteiger partial charge in [0.1, 0.15) is 0 Å². The lowest BCUT2D eigenvalue weighted by atomic mass is 10.3. The Labute approximate surface area is 103 Å². The van der Waals surface area contributed by atoms with E-state index in [9.17, 15) is 10.2 Å². The first-order chi connectivity index (χ1) is 8.72. The van der Waals surface area contributed by atoms with Crippen molar-refractivity contribution in [2.24, 2.45) is 0 Å². The van der Waals surface area contributed by atoms with E-state index in [4.69, 9.17) is 8.83 Å². The third-order valence-corrected chi connectivity index (χ3v) is 2.89. The van der Waals surface area contributed by atoms with E-state index in [-0.39, 0.29) is 0 Å². The average molecular weight is 251 g/mol. The lowest BCUT2D eigenvalue weighted by Gasteiger charge is -2.10. The Morgan fingerprint density at radius 2 is 2.06 bits per heavy atom. The molecular weight excluding hydrogens is 238 g/mol. The molecule has 0 aliphatic carbocycles. The molecule has 2 N–H and O–H groups in total. The lowest BCUT2D eigenvalue weighted by Crippen LogP contribution is -2.22. The lowest BCUT2D eigenvalue weighted by molar-refractivity contribution is 0.0572. The molecule has 0 radical (unpaired) electrons. The fourth-order valence-corrected chi connectivity index (χ4v) is 1.98. The summed E-state index contributed by atoms with van der Waals surface area (Å²) in [5.74, 6) is 1.29. The first-order valence-corrected chi connectivity index (χ1v) is 5.67. The summed E-state index contributed by atoms with van der Waals surface area (Å²) in [5, 5.41) is 26.6. The van der Waals surface area contributed by atoms with Crippen molar-refractivity contribution >= 4 is 0 Å². The number of aromatic nitrogens is 2. The summed E-state index contributed by atoms with van der Waals surface area (Å²) in [4.78, 5) is 1.86. The topological polar surface area (TPSA) is 95.8 Å². The first kappa shape index (κ1) is 11.4. The highest BCUT2D eigenvalue weighted by atomic mass is 16.4. The molecule has 18 heavy (non-hydrogen) atoms. The quantitative estimate of drug-likeness (QED) is 0.784. The van der Waals surface area contributed by atoms with Crippen molar-refractivity contribution in [2.75, 3.05) is 13.1 Å². The van der Waals surface area contributed by atoms with E-state index >= 15 is 0 Å². The van der Waals surface area contributed by atoms with Crippen LogP contribution in [0.1, 0.15) is 5.89 Å². The molecule has 1 aliphatic rings. The molecule has 2 aromatic heterocycles. The van der Waals surface area contributed by atoms with Crippen LogP contribution in [0, 0.1) is 0 Å². The van der Waals surface area contributed by atoms with Crippen LogP contribution in [-0.2, 0) is 6.54 Å². The molecule has 3 heterocycles. The molecule has 3 rings (SSSR count). The van der Waals surface area contributed by atoms with Gasteiger partial charge in [-0.1, -0.05) is 0 Å². The van der Waals surface area contributed by atoms with Gasteiger partial charge in [-0.15, -0.1) is 10.2 Å². The predicted octanol–water partition coefficient (Wildman–Crippen LogP) is -0.133. The molecule has 0 amide bonds. The van der Waals surface area contributed by atoms with E-state index in [1.54, 1.807) is 12.1 Å². The number of aliphatic hydroxyl groups is 2. The third kappa shape index (κ3) is 2.15. The molecule has 7 heteroatoms. The van der Waals surface area contributed by atoms with Gasteiger partial charge in [0, 0.05) is 13.1 Å². The van der Waals surface area contributed by atoms with Gasteiger partial charge in [-0.05, 0) is 12.1 Å². The standard InChI is InChI=1S/C11H13N3O4/c15-7-4-14(5-8(7)16)6-10-12-13-11(18-10)9-2-1-3-17-9/h1-3,7-8,15-16H,4-6H2. The van der Waals surface area contributed by atoms with Crippen molar-refractivity contribution in [1.29, 1.82) is 0 Å². The Kier molecular flexibility index (Phi) is 2.86. The molecule has 1 aliphatic heterocycles. The van der Waals surface area contributed by atoms with E-state index in [0.29, 0.717) is 37.2 Å². The van der Waals surface area contributed by atoms with Crippen LogP contribution in [0.2, 0.25) is 0 Å². The second-order valence-electron chi connectivity index (χ2n) is 4.31. The minimum atomic E-state index is -0.711. The Balaban J connectivity index is 1.68. The van der Waals surface area contributed by atoms with Gasteiger partial charge in [0.15, 0.2) is 5.76 Å². The molecule has 0 spiro atoms. The number of rotatable bonds is 3. The van der Waals surface area contributed by atoms with Crippen molar-refractivity contribution < 1.29 is 19.0 Å². The molecular formula is C11H13N3O4. The van der Waals surface area contributed by atoms with Crippen LogP contribution < -0.4 is 0 Å². The molecule has 7 nitrogen and oxygen atoms in total. The molecule has 2 unspecified atom stereocenters. The number of furan rings is 1. The van der Waals surface area contributed by atoms with Crippen LogP contribution in [0.25, 0.3) is 11.7 Å². The maximum atomic E-state index is 9.43. The predicted molar refractivity (Wildman–Crippen MR) is 59.3 cm³/mol. The molecule has 1 fully saturated rings. The van der Waals surface area contributed by atoms with Gasteiger partial charge >= 0.3 is 0 Å². The monoisotopic (exact) mass is 251 g/mol. The fourth-order valence-electron chi connectivity index (χ4n) is 1.98. The Morgan fingerprint density at radius 3 is 2.72 bits per heavy atom. The highest BCUT2D eigenvalue weighted by Crippen LogP contribution is 2.19. The highest BCUT2D eigenvalue weighted by Gasteiger charge is 2.30. The molecule has 2 atom stereocenters. The number of likely N-dealkylation sites (tertiary alicyclic amines) is 1. The number of hydrogen-bond donors (Lipinski definition) is 2. The van der Waals surface area contributed by atoms with Crippen LogP contribution in [0.3, 0.4) is 0 Å². The van der Waals surface area contributed by atoms with Crippen LogP contribution in [0.4, 0.5) is 0 Å². The van der Waals surface area contributed by atoms with Gasteiger partial charge in [0.25, 0.3) is 5.89 Å². The number of β-amino-alcohol motifs (C(OH)–C–C–N with tert-alkyl or cyclic N) is 2. The van der Waals surface area contributed by atoms with Crippen molar-refractivity contribution in [3.8, 4) is 11.7 Å². The second kappa shape index (κ2) is 4.52. The van der Waals surface area contributed by atoms with E-state index in [1.807, 2.05) is 4.90 Å². The van der Waals surface area contributed by atoms with Crippen molar-refractivity contribution in [1.82, 2.24) is 15.1 Å². The summed E-state index contributed by atoms with van der Waals surface area (Å²) in [5.41, 5.74) is 0. The molecule has 0 saturated carbocycles. The summed E-state index contributed by atoms with van der Waals surface area (Å²) >= 11 is 0. The van der Waals surface area contributed by atoms with Crippen LogP contribution in [-0.4, -0.2) is 50.6 Å². The summed E-state index contributed by atoms with van der Waals surface area (Å²) in [7, 11) is 0. The maximum absolute atomic E-state index is 9.43. The van der Waals surface area contributed by atoms with Crippen molar-refractivity contribution in [2.45, 2.75) is 18.8 Å². The molecule has 2 aromatic rings. The minimum Gasteiger partial charge on any atom is -0.459 e. The SMILES string of the molecule is OC1CN(Cc2nnc(-c3ccco3)o2)CC1O. The van der Waals surface area contributed by atoms with Crippen molar-refractivity contribution in [3.05, 3.63) is 24.3 Å². The van der Waals surface area contributed by atoms with Gasteiger partial charge in [0.2, 0.25) is 5.89 Å². The first-order valence-electron chi connectivity index (χ1n) is 5.67. The average Bonchev–Trinajstić information content (AvgIpc) is 3.02. The summed E-state index contributed by atoms with van der Waals surface area (Å²) in [6, 6.07) is 3.48. The second-order valence-corrected chi connectivity index (χ2v) is 4.31. The van der Waals surface area contributed by atoms with Crippen molar-refractivity contribution in [3.63, 3.8) is 0 Å². The highest BCUT2D eigenvalue weighted by molar-refractivity contribution is 5.42. The smallest absolute Gasteiger partial charge is 0.283 e. The van der Waals surface area contributed by atoms with Crippen LogP contribution >= 0.6 is 0 Å². The number of aliphatic hydroxyl groups excluding tert-OH is 2. The van der Waals surface area contributed by atoms with Gasteiger partial charge in [-0.2, -0.15) is 0 Å². The van der Waals surface area contributed by atoms with Gasteiger partial charge in [-0.3, -0.25) is 4.90 Å². The molecule has 0 bridgehead atoms. The number of nitrogens with zero attached hydrogens (tertiary/aromatic N) is 3.